The maximum Gasteiger partial charge on any atom is 0.190 e. The highest BCUT2D eigenvalue weighted by molar-refractivity contribution is 6.02. The van der Waals surface area contributed by atoms with Crippen LogP contribution in [0, 0.1) is 28.6 Å². The third kappa shape index (κ3) is 2.22. The van der Waals surface area contributed by atoms with Crippen LogP contribution in [0.15, 0.2) is 23.3 Å². The zero-order valence-electron chi connectivity index (χ0n) is 16.4. The SMILES string of the molecule is CC1=CC(=O)C=C2CC[C@@H]3[C@H]([C@@H](O)C[C@@]4(C)[C@H]3CC[C@]4(O)C(=O)CO)[C@@]12C. The van der Waals surface area contributed by atoms with Crippen molar-refractivity contribution in [3.63, 3.8) is 0 Å². The Bertz CT molecular complexity index is 767. The summed E-state index contributed by atoms with van der Waals surface area (Å²) in [6, 6.07) is 0. The van der Waals surface area contributed by atoms with E-state index in [0.29, 0.717) is 12.8 Å². The molecule has 5 nitrogen and oxygen atoms in total. The highest BCUT2D eigenvalue weighted by Crippen LogP contribution is 2.67. The number of aliphatic hydroxyl groups excluding tert-OH is 2. The van der Waals surface area contributed by atoms with E-state index in [1.165, 1.54) is 0 Å². The van der Waals surface area contributed by atoms with Crippen LogP contribution in [0.4, 0.5) is 0 Å². The van der Waals surface area contributed by atoms with Crippen LogP contribution in [0.25, 0.3) is 0 Å². The predicted molar refractivity (Wildman–Crippen MR) is 99.7 cm³/mol. The van der Waals surface area contributed by atoms with Crippen molar-refractivity contribution in [1.82, 2.24) is 0 Å². The molecule has 0 amide bonds. The molecule has 7 atom stereocenters. The van der Waals surface area contributed by atoms with E-state index in [4.69, 9.17) is 0 Å². The van der Waals surface area contributed by atoms with Crippen LogP contribution >= 0.6 is 0 Å². The first-order chi connectivity index (χ1) is 12.6. The molecule has 0 heterocycles. The largest absolute Gasteiger partial charge is 0.393 e. The van der Waals surface area contributed by atoms with Crippen molar-refractivity contribution >= 4 is 11.6 Å². The van der Waals surface area contributed by atoms with Crippen molar-refractivity contribution in [1.29, 1.82) is 0 Å². The van der Waals surface area contributed by atoms with Crippen molar-refractivity contribution in [2.75, 3.05) is 6.61 Å². The van der Waals surface area contributed by atoms with Crippen LogP contribution in [-0.4, -0.2) is 45.2 Å². The molecule has 4 aliphatic rings. The Morgan fingerprint density at radius 3 is 2.63 bits per heavy atom. The summed E-state index contributed by atoms with van der Waals surface area (Å²) in [7, 11) is 0. The first kappa shape index (κ1) is 19.0. The van der Waals surface area contributed by atoms with Gasteiger partial charge in [0, 0.05) is 16.7 Å². The minimum absolute atomic E-state index is 0.0218. The van der Waals surface area contributed by atoms with Gasteiger partial charge in [0.2, 0.25) is 0 Å². The van der Waals surface area contributed by atoms with Gasteiger partial charge in [0.25, 0.3) is 0 Å². The van der Waals surface area contributed by atoms with Crippen molar-refractivity contribution in [2.24, 2.45) is 28.6 Å². The summed E-state index contributed by atoms with van der Waals surface area (Å²) in [5.41, 5.74) is -0.534. The molecule has 27 heavy (non-hydrogen) atoms. The minimum Gasteiger partial charge on any atom is -0.393 e. The maximum atomic E-state index is 12.4. The molecule has 4 rings (SSSR count). The number of fused-ring (bicyclic) bond motifs is 5. The van der Waals surface area contributed by atoms with Crippen LogP contribution in [-0.2, 0) is 9.59 Å². The minimum atomic E-state index is -1.57. The van der Waals surface area contributed by atoms with Gasteiger partial charge >= 0.3 is 0 Å². The first-order valence-electron chi connectivity index (χ1n) is 10.1. The summed E-state index contributed by atoms with van der Waals surface area (Å²) in [6.07, 6.45) is 5.83. The number of carbonyl (C=O) groups is 2. The molecule has 0 aromatic rings. The molecule has 0 radical (unpaired) electrons. The number of hydrogen-bond donors (Lipinski definition) is 3. The van der Waals surface area contributed by atoms with Gasteiger partial charge in [-0.05, 0) is 63.0 Å². The van der Waals surface area contributed by atoms with Gasteiger partial charge in [-0.1, -0.05) is 25.0 Å². The third-order valence-corrected chi connectivity index (χ3v) is 8.79. The van der Waals surface area contributed by atoms with Gasteiger partial charge in [-0.15, -0.1) is 0 Å². The van der Waals surface area contributed by atoms with Gasteiger partial charge in [-0.2, -0.15) is 0 Å². The van der Waals surface area contributed by atoms with Crippen molar-refractivity contribution < 1.29 is 24.9 Å². The molecular formula is C22H30O5. The average molecular weight is 374 g/mol. The van der Waals surface area contributed by atoms with E-state index in [2.05, 4.69) is 6.92 Å². The van der Waals surface area contributed by atoms with Crippen LogP contribution in [0.2, 0.25) is 0 Å². The zero-order chi connectivity index (χ0) is 19.8. The molecular weight excluding hydrogens is 344 g/mol. The molecule has 0 bridgehead atoms. The molecule has 0 aliphatic heterocycles. The Morgan fingerprint density at radius 1 is 1.26 bits per heavy atom. The fraction of sp³-hybridized carbons (Fsp3) is 0.727. The second-order valence-electron chi connectivity index (χ2n) is 9.61. The summed E-state index contributed by atoms with van der Waals surface area (Å²) in [6.45, 7) is 5.37. The van der Waals surface area contributed by atoms with Crippen LogP contribution in [0.3, 0.4) is 0 Å². The van der Waals surface area contributed by atoms with Crippen LogP contribution < -0.4 is 0 Å². The van der Waals surface area contributed by atoms with E-state index in [0.717, 1.165) is 30.4 Å². The van der Waals surface area contributed by atoms with E-state index in [9.17, 15) is 24.9 Å². The molecule has 148 valence electrons. The highest BCUT2D eigenvalue weighted by atomic mass is 16.3. The molecule has 0 saturated heterocycles. The standard InChI is InChI=1S/C22H30O5/c1-12-8-14(24)9-13-4-5-15-16-6-7-22(27,18(26)11-23)20(16,2)10-17(25)19(15)21(12,13)3/h8-9,15-17,19,23,25,27H,4-7,10-11H2,1-3H3/t15-,16-,17-,19+,20-,21-,22-/m0/s1. The van der Waals surface area contributed by atoms with E-state index in [-0.39, 0.29) is 29.0 Å². The van der Waals surface area contributed by atoms with Gasteiger partial charge in [0.1, 0.15) is 12.2 Å². The zero-order valence-corrected chi connectivity index (χ0v) is 16.4. The Hall–Kier alpha value is -1.30. The lowest BCUT2D eigenvalue weighted by molar-refractivity contribution is -0.179. The molecule has 3 saturated carbocycles. The smallest absolute Gasteiger partial charge is 0.190 e. The lowest BCUT2D eigenvalue weighted by Gasteiger charge is -2.60. The summed E-state index contributed by atoms with van der Waals surface area (Å²) >= 11 is 0. The van der Waals surface area contributed by atoms with Crippen molar-refractivity contribution in [3.8, 4) is 0 Å². The Kier molecular flexibility index (Phi) is 4.12. The Balaban J connectivity index is 1.77. The summed E-state index contributed by atoms with van der Waals surface area (Å²) < 4.78 is 0. The second-order valence-corrected chi connectivity index (χ2v) is 9.61. The number of carbonyl (C=O) groups excluding carboxylic acids is 2. The second kappa shape index (κ2) is 5.85. The normalized spacial score (nSPS) is 48.9. The van der Waals surface area contributed by atoms with Crippen LogP contribution in [0.1, 0.15) is 52.9 Å². The van der Waals surface area contributed by atoms with E-state index < -0.39 is 29.5 Å². The number of Topliss-reactive ketones (excluding diaryl/α,β-unsaturated/α-hetero) is 1. The third-order valence-electron chi connectivity index (χ3n) is 8.79. The lowest BCUT2D eigenvalue weighted by atomic mass is 9.45. The highest BCUT2D eigenvalue weighted by Gasteiger charge is 2.68. The number of allylic oxidation sites excluding steroid dienone is 4. The monoisotopic (exact) mass is 374 g/mol. The fourth-order valence-electron chi connectivity index (χ4n) is 7.27. The number of aliphatic hydroxyl groups is 3. The number of rotatable bonds is 2. The molecule has 0 aromatic heterocycles. The Morgan fingerprint density at radius 2 is 1.96 bits per heavy atom. The van der Waals surface area contributed by atoms with Crippen molar-refractivity contribution in [3.05, 3.63) is 23.3 Å². The van der Waals surface area contributed by atoms with Crippen LogP contribution in [0.5, 0.6) is 0 Å². The summed E-state index contributed by atoms with van der Waals surface area (Å²) in [5.74, 6) is -0.225. The summed E-state index contributed by atoms with van der Waals surface area (Å²) in [5, 5.41) is 31.9. The molecule has 3 N–H and O–H groups in total. The van der Waals surface area contributed by atoms with Gasteiger partial charge in [-0.3, -0.25) is 9.59 Å². The lowest BCUT2D eigenvalue weighted by Crippen LogP contribution is -2.62. The topological polar surface area (TPSA) is 94.8 Å². The van der Waals surface area contributed by atoms with Gasteiger partial charge in [0.15, 0.2) is 11.6 Å². The average Bonchev–Trinajstić information content (AvgIpc) is 2.87. The van der Waals surface area contributed by atoms with Gasteiger partial charge in [-0.25, -0.2) is 0 Å². The summed E-state index contributed by atoms with van der Waals surface area (Å²) in [4.78, 5) is 24.4. The molecule has 5 heteroatoms. The first-order valence-corrected chi connectivity index (χ1v) is 10.1. The van der Waals surface area contributed by atoms with E-state index >= 15 is 0 Å². The van der Waals surface area contributed by atoms with Gasteiger partial charge in [0.05, 0.1) is 6.10 Å². The Labute approximate surface area is 160 Å². The molecule has 3 fully saturated rings. The predicted octanol–water partition coefficient (Wildman–Crippen LogP) is 1.95. The number of hydrogen-bond acceptors (Lipinski definition) is 5. The number of ketones is 2. The van der Waals surface area contributed by atoms with E-state index in [1.54, 1.807) is 12.2 Å². The molecule has 0 aromatic carbocycles. The van der Waals surface area contributed by atoms with E-state index in [1.807, 2.05) is 13.8 Å². The molecule has 0 unspecified atom stereocenters. The van der Waals surface area contributed by atoms with Gasteiger partial charge < -0.3 is 15.3 Å². The quantitative estimate of drug-likeness (QED) is 0.687. The fourth-order valence-corrected chi connectivity index (χ4v) is 7.27. The molecule has 0 spiro atoms. The van der Waals surface area contributed by atoms with Crippen molar-refractivity contribution in [2.45, 2.75) is 64.6 Å². The molecule has 4 aliphatic carbocycles. The maximum absolute atomic E-state index is 12.4.